The average Bonchev–Trinajstić information content (AvgIpc) is 3.32. The Morgan fingerprint density at radius 3 is 2.80 bits per heavy atom. The maximum atomic E-state index is 12.5. The minimum absolute atomic E-state index is 0.311. The zero-order chi connectivity index (χ0) is 18.0. The van der Waals surface area contributed by atoms with Gasteiger partial charge in [-0.1, -0.05) is 36.8 Å². The van der Waals surface area contributed by atoms with Gasteiger partial charge < -0.3 is 9.47 Å². The molecule has 1 aromatic carbocycles. The van der Waals surface area contributed by atoms with Crippen molar-refractivity contribution in [3.05, 3.63) is 27.7 Å². The van der Waals surface area contributed by atoms with Crippen LogP contribution in [0.3, 0.4) is 0 Å². The van der Waals surface area contributed by atoms with Crippen molar-refractivity contribution in [2.24, 2.45) is 5.92 Å². The smallest absolute Gasteiger partial charge is 0.257 e. The number of benzene rings is 1. The van der Waals surface area contributed by atoms with Crippen LogP contribution in [0.2, 0.25) is 5.02 Å². The molecule has 1 aliphatic rings. The predicted octanol–water partition coefficient (Wildman–Crippen LogP) is 4.36. The number of nitrogens with one attached hydrogen (secondary N) is 1. The van der Waals surface area contributed by atoms with Crippen molar-refractivity contribution < 1.29 is 14.3 Å². The summed E-state index contributed by atoms with van der Waals surface area (Å²) in [6.07, 6.45) is 2.29. The summed E-state index contributed by atoms with van der Waals surface area (Å²) < 4.78 is 11.0. The number of halogens is 1. The van der Waals surface area contributed by atoms with Crippen LogP contribution >= 0.6 is 22.9 Å². The minimum atomic E-state index is -0.311. The third kappa shape index (κ3) is 4.41. The van der Waals surface area contributed by atoms with Crippen molar-refractivity contribution in [3.63, 3.8) is 0 Å². The van der Waals surface area contributed by atoms with Gasteiger partial charge in [0.25, 0.3) is 5.91 Å². The highest BCUT2D eigenvalue weighted by atomic mass is 35.5. The molecule has 134 valence electrons. The number of carbonyl (C=O) groups excluding carboxylic acids is 1. The summed E-state index contributed by atoms with van der Waals surface area (Å²) in [7, 11) is 1.52. The van der Waals surface area contributed by atoms with E-state index in [1.165, 1.54) is 18.4 Å². The molecule has 0 bridgehead atoms. The van der Waals surface area contributed by atoms with Crippen LogP contribution < -0.4 is 14.8 Å². The first-order valence-electron chi connectivity index (χ1n) is 8.13. The molecule has 3 rings (SSSR count). The van der Waals surface area contributed by atoms with E-state index < -0.39 is 0 Å². The Morgan fingerprint density at radius 2 is 2.16 bits per heavy atom. The molecule has 1 aromatic heterocycles. The fourth-order valence-electron chi connectivity index (χ4n) is 2.19. The fraction of sp³-hybridized carbons (Fsp3) is 0.471. The van der Waals surface area contributed by atoms with Crippen LogP contribution in [0, 0.1) is 5.92 Å². The van der Waals surface area contributed by atoms with E-state index in [0.29, 0.717) is 45.7 Å². The van der Waals surface area contributed by atoms with Crippen LogP contribution in [-0.2, 0) is 0 Å². The molecule has 1 heterocycles. The molecule has 0 atom stereocenters. The van der Waals surface area contributed by atoms with Crippen molar-refractivity contribution in [2.75, 3.05) is 19.0 Å². The lowest BCUT2D eigenvalue weighted by Gasteiger charge is -2.15. The van der Waals surface area contributed by atoms with Gasteiger partial charge in [-0.3, -0.25) is 10.1 Å². The molecule has 6 nitrogen and oxygen atoms in total. The Balaban J connectivity index is 1.75. The van der Waals surface area contributed by atoms with Crippen LogP contribution in [0.1, 0.15) is 48.0 Å². The fourth-order valence-corrected chi connectivity index (χ4v) is 3.36. The van der Waals surface area contributed by atoms with Gasteiger partial charge in [-0.25, -0.2) is 0 Å². The van der Waals surface area contributed by atoms with E-state index in [9.17, 15) is 4.79 Å². The number of amides is 1. The van der Waals surface area contributed by atoms with Gasteiger partial charge in [-0.2, -0.15) is 0 Å². The Morgan fingerprint density at radius 1 is 1.40 bits per heavy atom. The first-order chi connectivity index (χ1) is 12.0. The third-order valence-electron chi connectivity index (χ3n) is 3.64. The molecule has 0 radical (unpaired) electrons. The van der Waals surface area contributed by atoms with E-state index in [2.05, 4.69) is 15.5 Å². The maximum absolute atomic E-state index is 12.5. The number of hydrogen-bond acceptors (Lipinski definition) is 6. The van der Waals surface area contributed by atoms with E-state index in [4.69, 9.17) is 21.1 Å². The summed E-state index contributed by atoms with van der Waals surface area (Å²) in [5, 5.41) is 12.7. The SMILES string of the molecule is COc1cc(C(=O)Nc2nnc(C3CC3)s2)cc(Cl)c1OCC(C)C. The van der Waals surface area contributed by atoms with Crippen molar-refractivity contribution in [1.29, 1.82) is 0 Å². The molecule has 1 N–H and O–H groups in total. The van der Waals surface area contributed by atoms with E-state index >= 15 is 0 Å². The van der Waals surface area contributed by atoms with E-state index in [1.54, 1.807) is 12.1 Å². The first kappa shape index (κ1) is 17.9. The van der Waals surface area contributed by atoms with Crippen LogP contribution in [0.25, 0.3) is 0 Å². The van der Waals surface area contributed by atoms with Crippen LogP contribution in [0.4, 0.5) is 5.13 Å². The Kier molecular flexibility index (Phi) is 5.44. The van der Waals surface area contributed by atoms with Crippen molar-refractivity contribution in [2.45, 2.75) is 32.6 Å². The van der Waals surface area contributed by atoms with Crippen LogP contribution in [0.15, 0.2) is 12.1 Å². The standard InChI is InChI=1S/C17H20ClN3O3S/c1-9(2)8-24-14-12(18)6-11(7-13(14)23-3)15(22)19-17-21-20-16(25-17)10-4-5-10/h6-7,9-10H,4-5,8H2,1-3H3,(H,19,21,22). The van der Waals surface area contributed by atoms with Gasteiger partial charge in [-0.05, 0) is 30.9 Å². The van der Waals surface area contributed by atoms with E-state index in [-0.39, 0.29) is 5.91 Å². The lowest BCUT2D eigenvalue weighted by atomic mass is 10.2. The average molecular weight is 382 g/mol. The summed E-state index contributed by atoms with van der Waals surface area (Å²) in [6, 6.07) is 3.18. The lowest BCUT2D eigenvalue weighted by molar-refractivity contribution is 0.102. The molecular weight excluding hydrogens is 362 g/mol. The number of ether oxygens (including phenoxy) is 2. The molecule has 0 saturated heterocycles. The molecule has 8 heteroatoms. The van der Waals surface area contributed by atoms with Gasteiger partial charge in [0.2, 0.25) is 5.13 Å². The van der Waals surface area contributed by atoms with Crippen molar-refractivity contribution in [3.8, 4) is 11.5 Å². The number of anilines is 1. The van der Waals surface area contributed by atoms with Gasteiger partial charge in [-0.15, -0.1) is 10.2 Å². The highest BCUT2D eigenvalue weighted by Crippen LogP contribution is 2.42. The van der Waals surface area contributed by atoms with Gasteiger partial charge in [0.15, 0.2) is 11.5 Å². The molecule has 25 heavy (non-hydrogen) atoms. The second-order valence-electron chi connectivity index (χ2n) is 6.37. The minimum Gasteiger partial charge on any atom is -0.493 e. The number of carbonyl (C=O) groups is 1. The molecule has 1 amide bonds. The largest absolute Gasteiger partial charge is 0.493 e. The summed E-state index contributed by atoms with van der Waals surface area (Å²) in [5.41, 5.74) is 0.377. The Labute approximate surface area is 155 Å². The monoisotopic (exact) mass is 381 g/mol. The van der Waals surface area contributed by atoms with Crippen LogP contribution in [-0.4, -0.2) is 29.8 Å². The Bertz CT molecular complexity index is 774. The third-order valence-corrected chi connectivity index (χ3v) is 4.92. The molecule has 0 unspecified atom stereocenters. The van der Waals surface area contributed by atoms with Gasteiger partial charge in [0.1, 0.15) is 5.01 Å². The molecule has 0 spiro atoms. The van der Waals surface area contributed by atoms with E-state index in [0.717, 1.165) is 17.8 Å². The molecule has 1 saturated carbocycles. The number of nitrogens with zero attached hydrogens (tertiary/aromatic N) is 2. The van der Waals surface area contributed by atoms with Gasteiger partial charge in [0, 0.05) is 11.5 Å². The summed E-state index contributed by atoms with van der Waals surface area (Å²) >= 11 is 7.70. The predicted molar refractivity (Wildman–Crippen MR) is 98.2 cm³/mol. The molecule has 0 aliphatic heterocycles. The van der Waals surface area contributed by atoms with Crippen molar-refractivity contribution >= 4 is 34.0 Å². The number of aromatic nitrogens is 2. The molecule has 2 aromatic rings. The molecule has 1 aliphatic carbocycles. The van der Waals surface area contributed by atoms with Crippen molar-refractivity contribution in [1.82, 2.24) is 10.2 Å². The highest BCUT2D eigenvalue weighted by Gasteiger charge is 2.28. The molecule has 1 fully saturated rings. The zero-order valence-corrected chi connectivity index (χ0v) is 15.9. The lowest BCUT2D eigenvalue weighted by Crippen LogP contribution is -2.13. The second kappa shape index (κ2) is 7.58. The number of hydrogen-bond donors (Lipinski definition) is 1. The topological polar surface area (TPSA) is 73.3 Å². The normalized spacial score (nSPS) is 13.8. The number of rotatable bonds is 7. The van der Waals surface area contributed by atoms with Gasteiger partial charge in [0.05, 0.1) is 18.7 Å². The molecular formula is C17H20ClN3O3S. The summed E-state index contributed by atoms with van der Waals surface area (Å²) in [6.45, 7) is 4.59. The Hall–Kier alpha value is -1.86. The summed E-state index contributed by atoms with van der Waals surface area (Å²) in [5.74, 6) is 1.42. The maximum Gasteiger partial charge on any atom is 0.257 e. The first-order valence-corrected chi connectivity index (χ1v) is 9.32. The van der Waals surface area contributed by atoms with Gasteiger partial charge >= 0.3 is 0 Å². The van der Waals surface area contributed by atoms with E-state index in [1.807, 2.05) is 13.8 Å². The van der Waals surface area contributed by atoms with Crippen LogP contribution in [0.5, 0.6) is 11.5 Å². The number of methoxy groups -OCH3 is 1. The zero-order valence-electron chi connectivity index (χ0n) is 14.3. The highest BCUT2D eigenvalue weighted by molar-refractivity contribution is 7.15. The second-order valence-corrected chi connectivity index (χ2v) is 7.78. The quantitative estimate of drug-likeness (QED) is 0.771. The summed E-state index contributed by atoms with van der Waals surface area (Å²) in [4.78, 5) is 12.5.